The molecule has 0 amide bonds. The van der Waals surface area contributed by atoms with Gasteiger partial charge in [0.1, 0.15) is 15.9 Å². The average Bonchev–Trinajstić information content (AvgIpc) is 3.21. The van der Waals surface area contributed by atoms with E-state index in [1.807, 2.05) is 0 Å². The number of rotatable bonds is 5. The van der Waals surface area contributed by atoms with Crippen molar-refractivity contribution < 1.29 is 17.0 Å². The van der Waals surface area contributed by atoms with Crippen LogP contribution in [0.15, 0.2) is 115 Å². The maximum absolute atomic E-state index is 2.81. The van der Waals surface area contributed by atoms with Crippen molar-refractivity contribution in [3.8, 4) is 0 Å². The van der Waals surface area contributed by atoms with Crippen LogP contribution in [-0.2, 0) is 6.42 Å². The molecule has 1 aliphatic rings. The third-order valence-electron chi connectivity index (χ3n) is 6.22. The molecule has 3 heteroatoms. The number of para-hydroxylation sites is 1. The molecule has 156 valence electrons. The smallest absolute Gasteiger partial charge is 0.202 e. The Bertz CT molecular complexity index is 1020. The topological polar surface area (TPSA) is 3.24 Å². The van der Waals surface area contributed by atoms with Gasteiger partial charge in [0.15, 0.2) is 0 Å². The molecule has 4 aromatic rings. The van der Waals surface area contributed by atoms with Gasteiger partial charge in [-0.05, 0) is 60.9 Å². The van der Waals surface area contributed by atoms with Crippen LogP contribution < -0.4 is 37.6 Å². The second-order valence-electron chi connectivity index (χ2n) is 7.88. The van der Waals surface area contributed by atoms with Crippen LogP contribution in [0, 0.1) is 0 Å². The lowest BCUT2D eigenvalue weighted by Gasteiger charge is -2.39. The van der Waals surface area contributed by atoms with Crippen molar-refractivity contribution in [3.05, 3.63) is 121 Å². The Labute approximate surface area is 196 Å². The van der Waals surface area contributed by atoms with E-state index in [9.17, 15) is 0 Å². The summed E-state index contributed by atoms with van der Waals surface area (Å²) in [6.07, 6.45) is 2.24. The fourth-order valence-corrected chi connectivity index (χ4v) is 9.62. The molecule has 0 radical (unpaired) electrons. The molecule has 1 nitrogen and oxygen atoms in total. The predicted octanol–water partition coefficient (Wildman–Crippen LogP) is 2.74. The highest BCUT2D eigenvalue weighted by Crippen LogP contribution is 2.64. The number of halogens is 1. The summed E-state index contributed by atoms with van der Waals surface area (Å²) in [5.41, 5.74) is 2.87. The van der Waals surface area contributed by atoms with Crippen LogP contribution in [0.3, 0.4) is 0 Å². The maximum atomic E-state index is 2.81. The van der Waals surface area contributed by atoms with Gasteiger partial charge >= 0.3 is 0 Å². The van der Waals surface area contributed by atoms with Crippen LogP contribution in [0.1, 0.15) is 18.9 Å². The van der Waals surface area contributed by atoms with Gasteiger partial charge in [0.2, 0.25) is 7.41 Å². The molecule has 0 aliphatic carbocycles. The Morgan fingerprint density at radius 1 is 0.645 bits per heavy atom. The van der Waals surface area contributed by atoms with Crippen LogP contribution in [0.25, 0.3) is 0 Å². The van der Waals surface area contributed by atoms with Gasteiger partial charge in [-0.2, -0.15) is 0 Å². The molecule has 31 heavy (non-hydrogen) atoms. The SMILES string of the molecule is CCC1Cc2ccccc2N1[P+](c1ccccc1)(c1ccccc1)c1ccccc1.[Br-]. The van der Waals surface area contributed by atoms with E-state index in [0.717, 1.165) is 12.8 Å². The normalized spacial score (nSPS) is 15.3. The molecule has 0 bridgehead atoms. The van der Waals surface area contributed by atoms with Crippen LogP contribution in [0.4, 0.5) is 5.69 Å². The molecular weight excluding hydrogens is 461 g/mol. The van der Waals surface area contributed by atoms with E-state index in [-0.39, 0.29) is 17.0 Å². The first-order valence-electron chi connectivity index (χ1n) is 10.8. The van der Waals surface area contributed by atoms with Crippen LogP contribution >= 0.6 is 7.41 Å². The van der Waals surface area contributed by atoms with E-state index in [1.54, 1.807) is 0 Å². The third kappa shape index (κ3) is 3.63. The van der Waals surface area contributed by atoms with Crippen molar-refractivity contribution in [2.75, 3.05) is 4.67 Å². The highest BCUT2D eigenvalue weighted by atomic mass is 79.9. The van der Waals surface area contributed by atoms with Gasteiger partial charge in [0.25, 0.3) is 0 Å². The summed E-state index contributed by atoms with van der Waals surface area (Å²) in [5.74, 6) is 0. The van der Waals surface area contributed by atoms with Gasteiger partial charge < -0.3 is 17.0 Å². The summed E-state index contributed by atoms with van der Waals surface area (Å²) in [7, 11) is -2.07. The number of benzene rings is 4. The zero-order chi connectivity index (χ0) is 20.4. The Hall–Kier alpha value is -2.41. The first kappa shape index (κ1) is 21.8. The molecule has 0 N–H and O–H groups in total. The number of hydrogen-bond acceptors (Lipinski definition) is 1. The highest BCUT2D eigenvalue weighted by molar-refractivity contribution is 7.97. The number of nitrogens with zero attached hydrogens (tertiary/aromatic N) is 1. The third-order valence-corrected chi connectivity index (χ3v) is 10.5. The minimum atomic E-state index is -2.07. The lowest BCUT2D eigenvalue weighted by molar-refractivity contribution is -0.00000582. The monoisotopic (exact) mass is 487 g/mol. The molecule has 0 aromatic heterocycles. The minimum absolute atomic E-state index is 0. The maximum Gasteiger partial charge on any atom is 0.202 e. The number of hydrogen-bond donors (Lipinski definition) is 0. The zero-order valence-corrected chi connectivity index (χ0v) is 20.2. The van der Waals surface area contributed by atoms with Gasteiger partial charge in [-0.15, -0.1) is 0 Å². The van der Waals surface area contributed by atoms with E-state index >= 15 is 0 Å². The summed E-state index contributed by atoms with van der Waals surface area (Å²) in [6, 6.07) is 43.1. The highest BCUT2D eigenvalue weighted by Gasteiger charge is 2.56. The fourth-order valence-electron chi connectivity index (χ4n) is 4.92. The second-order valence-corrected chi connectivity index (χ2v) is 11.1. The fraction of sp³-hybridized carbons (Fsp3) is 0.143. The summed E-state index contributed by atoms with van der Waals surface area (Å²) < 4.78 is 2.81. The second kappa shape index (κ2) is 9.39. The van der Waals surface area contributed by atoms with Gasteiger partial charge in [-0.1, -0.05) is 79.7 Å². The predicted molar refractivity (Wildman–Crippen MR) is 132 cm³/mol. The molecule has 0 saturated heterocycles. The van der Waals surface area contributed by atoms with Crippen molar-refractivity contribution in [2.45, 2.75) is 25.8 Å². The average molecular weight is 488 g/mol. The van der Waals surface area contributed by atoms with Gasteiger partial charge in [-0.3, -0.25) is 0 Å². The Morgan fingerprint density at radius 3 is 1.52 bits per heavy atom. The summed E-state index contributed by atoms with van der Waals surface area (Å²) in [4.78, 5) is 0. The molecule has 0 spiro atoms. The number of fused-ring (bicyclic) bond motifs is 1. The molecule has 5 rings (SSSR count). The first-order chi connectivity index (χ1) is 14.9. The minimum Gasteiger partial charge on any atom is -1.00 e. The number of anilines is 1. The molecular formula is C28H27BrNP. The quantitative estimate of drug-likeness (QED) is 0.391. The molecule has 1 heterocycles. The van der Waals surface area contributed by atoms with Crippen molar-refractivity contribution in [3.63, 3.8) is 0 Å². The van der Waals surface area contributed by atoms with E-state index in [4.69, 9.17) is 0 Å². The first-order valence-corrected chi connectivity index (χ1v) is 12.5. The largest absolute Gasteiger partial charge is 1.00 e. The molecule has 1 atom stereocenters. The molecule has 1 aliphatic heterocycles. The van der Waals surface area contributed by atoms with Crippen molar-refractivity contribution in [2.24, 2.45) is 0 Å². The van der Waals surface area contributed by atoms with Crippen LogP contribution in [-0.4, -0.2) is 6.04 Å². The lowest BCUT2D eigenvalue weighted by Crippen LogP contribution is -3.00. The molecule has 4 aromatic carbocycles. The van der Waals surface area contributed by atoms with E-state index in [0.29, 0.717) is 6.04 Å². The molecule has 0 fully saturated rings. The van der Waals surface area contributed by atoms with Crippen molar-refractivity contribution >= 4 is 29.0 Å². The summed E-state index contributed by atoms with van der Waals surface area (Å²) >= 11 is 0. The molecule has 1 unspecified atom stereocenters. The van der Waals surface area contributed by atoms with E-state index in [2.05, 4.69) is 127 Å². The zero-order valence-electron chi connectivity index (χ0n) is 17.7. The lowest BCUT2D eigenvalue weighted by atomic mass is 10.1. The summed E-state index contributed by atoms with van der Waals surface area (Å²) in [5, 5.41) is 4.24. The Morgan fingerprint density at radius 2 is 1.06 bits per heavy atom. The van der Waals surface area contributed by atoms with Gasteiger partial charge in [-0.25, -0.2) is 4.67 Å². The van der Waals surface area contributed by atoms with Crippen LogP contribution in [0.5, 0.6) is 0 Å². The van der Waals surface area contributed by atoms with E-state index < -0.39 is 7.41 Å². The Balaban J connectivity index is 0.00000231. The van der Waals surface area contributed by atoms with Crippen LogP contribution in [0.2, 0.25) is 0 Å². The van der Waals surface area contributed by atoms with Gasteiger partial charge in [0.05, 0.1) is 11.7 Å². The molecule has 0 saturated carbocycles. The van der Waals surface area contributed by atoms with Crippen molar-refractivity contribution in [1.29, 1.82) is 0 Å². The summed E-state index contributed by atoms with van der Waals surface area (Å²) in [6.45, 7) is 2.33. The van der Waals surface area contributed by atoms with Crippen molar-refractivity contribution in [1.82, 2.24) is 0 Å². The standard InChI is InChI=1S/C28H27NP.BrH/c1-2-24-22-23-14-12-13-21-28(23)29(24)30(25-15-6-3-7-16-25,26-17-8-4-9-18-26)27-19-10-5-11-20-27;/h3-21,24H,2,22H2,1H3;1H/q+1;/p-1. The van der Waals surface area contributed by atoms with E-state index in [1.165, 1.54) is 27.2 Å². The Kier molecular flexibility index (Phi) is 6.60. The van der Waals surface area contributed by atoms with Gasteiger partial charge in [0, 0.05) is 0 Å².